The lowest BCUT2D eigenvalue weighted by Gasteiger charge is -2.10. The number of carbonyl (C=O) groups excluding carboxylic acids is 2. The maximum absolute atomic E-state index is 12.2. The number of Topliss-reactive ketones (excluding diaryl/α,β-unsaturated/α-hetero) is 1. The minimum atomic E-state index is -0.114. The first-order valence-electron chi connectivity index (χ1n) is 6.93. The molecule has 0 unspecified atom stereocenters. The Labute approximate surface area is 125 Å². The maximum Gasteiger partial charge on any atom is 0.228 e. The molecule has 0 atom stereocenters. The lowest BCUT2D eigenvalue weighted by Crippen LogP contribution is -2.17. The number of benzene rings is 2. The summed E-state index contributed by atoms with van der Waals surface area (Å²) >= 11 is 0. The van der Waals surface area contributed by atoms with Gasteiger partial charge in [0.15, 0.2) is 5.78 Å². The smallest absolute Gasteiger partial charge is 0.228 e. The number of hydrogen-bond acceptors (Lipinski definition) is 2. The van der Waals surface area contributed by atoms with Gasteiger partial charge in [0.05, 0.1) is 12.1 Å². The molecule has 0 saturated carbocycles. The highest BCUT2D eigenvalue weighted by Crippen LogP contribution is 2.17. The third-order valence-electron chi connectivity index (χ3n) is 3.44. The van der Waals surface area contributed by atoms with Crippen LogP contribution in [0.2, 0.25) is 0 Å². The van der Waals surface area contributed by atoms with E-state index in [-0.39, 0.29) is 11.7 Å². The molecule has 0 aliphatic carbocycles. The zero-order valence-corrected chi connectivity index (χ0v) is 12.6. The summed E-state index contributed by atoms with van der Waals surface area (Å²) in [6.45, 7) is 5.49. The predicted molar refractivity (Wildman–Crippen MR) is 84.7 cm³/mol. The molecular formula is C18H19NO2. The van der Waals surface area contributed by atoms with E-state index in [4.69, 9.17) is 0 Å². The second-order valence-electron chi connectivity index (χ2n) is 5.26. The molecule has 0 aliphatic heterocycles. The van der Waals surface area contributed by atoms with Crippen molar-refractivity contribution >= 4 is 17.4 Å². The quantitative estimate of drug-likeness (QED) is 0.869. The Hall–Kier alpha value is -2.42. The van der Waals surface area contributed by atoms with Crippen molar-refractivity contribution in [1.82, 2.24) is 0 Å². The Bertz CT molecular complexity index is 689. The van der Waals surface area contributed by atoms with Gasteiger partial charge in [-0.05, 0) is 44.0 Å². The minimum absolute atomic E-state index is 0.0577. The molecule has 0 spiro atoms. The lowest BCUT2D eigenvalue weighted by atomic mass is 10.0. The van der Waals surface area contributed by atoms with Gasteiger partial charge in [-0.1, -0.05) is 35.9 Å². The highest BCUT2D eigenvalue weighted by atomic mass is 16.1. The van der Waals surface area contributed by atoms with Gasteiger partial charge in [-0.2, -0.15) is 0 Å². The van der Waals surface area contributed by atoms with Gasteiger partial charge in [-0.15, -0.1) is 0 Å². The molecule has 3 heteroatoms. The van der Waals surface area contributed by atoms with Gasteiger partial charge < -0.3 is 5.32 Å². The van der Waals surface area contributed by atoms with E-state index >= 15 is 0 Å². The zero-order chi connectivity index (χ0) is 15.4. The average Bonchev–Trinajstić information content (AvgIpc) is 2.43. The van der Waals surface area contributed by atoms with Gasteiger partial charge in [0.25, 0.3) is 0 Å². The molecule has 3 nitrogen and oxygen atoms in total. The molecule has 2 aromatic carbocycles. The van der Waals surface area contributed by atoms with Crippen molar-refractivity contribution in [1.29, 1.82) is 0 Å². The van der Waals surface area contributed by atoms with Gasteiger partial charge in [0.2, 0.25) is 5.91 Å². The molecule has 1 N–H and O–H groups in total. The third-order valence-corrected chi connectivity index (χ3v) is 3.44. The van der Waals surface area contributed by atoms with E-state index in [1.54, 1.807) is 24.3 Å². The number of nitrogens with one attached hydrogen (secondary N) is 1. The van der Waals surface area contributed by atoms with Crippen LogP contribution in [0.5, 0.6) is 0 Å². The van der Waals surface area contributed by atoms with E-state index in [9.17, 15) is 9.59 Å². The van der Waals surface area contributed by atoms with Gasteiger partial charge in [-0.25, -0.2) is 0 Å². The van der Waals surface area contributed by atoms with E-state index in [1.807, 2.05) is 32.0 Å². The normalized spacial score (nSPS) is 10.2. The van der Waals surface area contributed by atoms with E-state index in [0.29, 0.717) is 17.7 Å². The highest BCUT2D eigenvalue weighted by molar-refractivity contribution is 6.04. The van der Waals surface area contributed by atoms with Crippen LogP contribution in [0, 0.1) is 13.8 Å². The Kier molecular flexibility index (Phi) is 4.53. The van der Waals surface area contributed by atoms with Crippen LogP contribution in [-0.4, -0.2) is 11.7 Å². The topological polar surface area (TPSA) is 46.2 Å². The predicted octanol–water partition coefficient (Wildman–Crippen LogP) is 3.69. The molecular weight excluding hydrogens is 262 g/mol. The summed E-state index contributed by atoms with van der Waals surface area (Å²) < 4.78 is 0. The fraction of sp³-hybridized carbons (Fsp3) is 0.222. The van der Waals surface area contributed by atoms with Crippen molar-refractivity contribution in [2.75, 3.05) is 5.32 Å². The largest absolute Gasteiger partial charge is 0.325 e. The summed E-state index contributed by atoms with van der Waals surface area (Å²) in [5, 5.41) is 2.83. The van der Waals surface area contributed by atoms with E-state index in [1.165, 1.54) is 6.92 Å². The van der Waals surface area contributed by atoms with Crippen LogP contribution in [-0.2, 0) is 11.2 Å². The van der Waals surface area contributed by atoms with Crippen LogP contribution < -0.4 is 5.32 Å². The summed E-state index contributed by atoms with van der Waals surface area (Å²) in [4.78, 5) is 23.8. The Morgan fingerprint density at radius 3 is 2.48 bits per heavy atom. The standard InChI is InChI=1S/C18H19NO2/c1-12-8-9-13(2)15(10-12)11-18(21)19-17-7-5-4-6-16(17)14(3)20/h4-10H,11H2,1-3H3,(H,19,21). The van der Waals surface area contributed by atoms with Gasteiger partial charge in [0.1, 0.15) is 0 Å². The molecule has 0 aromatic heterocycles. The molecule has 0 aliphatic rings. The Morgan fingerprint density at radius 2 is 1.76 bits per heavy atom. The molecule has 0 bridgehead atoms. The van der Waals surface area contributed by atoms with Gasteiger partial charge >= 0.3 is 0 Å². The zero-order valence-electron chi connectivity index (χ0n) is 12.6. The summed E-state index contributed by atoms with van der Waals surface area (Å²) in [7, 11) is 0. The van der Waals surface area contributed by atoms with Crippen LogP contribution in [0.15, 0.2) is 42.5 Å². The number of ketones is 1. The van der Waals surface area contributed by atoms with E-state index in [2.05, 4.69) is 5.32 Å². The van der Waals surface area contributed by atoms with Crippen molar-refractivity contribution in [3.63, 3.8) is 0 Å². The number of carbonyl (C=O) groups is 2. The van der Waals surface area contributed by atoms with E-state index < -0.39 is 0 Å². The average molecular weight is 281 g/mol. The van der Waals surface area contributed by atoms with Crippen LogP contribution in [0.4, 0.5) is 5.69 Å². The van der Waals surface area contributed by atoms with Crippen LogP contribution in [0.1, 0.15) is 34.0 Å². The molecule has 0 fully saturated rings. The Morgan fingerprint density at radius 1 is 1.05 bits per heavy atom. The van der Waals surface area contributed by atoms with Crippen LogP contribution in [0.25, 0.3) is 0 Å². The second-order valence-corrected chi connectivity index (χ2v) is 5.26. The van der Waals surface area contributed by atoms with E-state index in [0.717, 1.165) is 16.7 Å². The molecule has 0 heterocycles. The molecule has 2 rings (SSSR count). The van der Waals surface area contributed by atoms with Crippen molar-refractivity contribution in [2.45, 2.75) is 27.2 Å². The van der Waals surface area contributed by atoms with Gasteiger partial charge in [0, 0.05) is 5.56 Å². The number of aryl methyl sites for hydroxylation is 2. The number of rotatable bonds is 4. The molecule has 0 saturated heterocycles. The Balaban J connectivity index is 2.16. The second kappa shape index (κ2) is 6.35. The number of anilines is 1. The number of para-hydroxylation sites is 1. The SMILES string of the molecule is CC(=O)c1ccccc1NC(=O)Cc1cc(C)ccc1C. The van der Waals surface area contributed by atoms with Crippen molar-refractivity contribution in [3.05, 3.63) is 64.7 Å². The number of amides is 1. The first-order chi connectivity index (χ1) is 9.97. The minimum Gasteiger partial charge on any atom is -0.325 e. The first-order valence-corrected chi connectivity index (χ1v) is 6.93. The maximum atomic E-state index is 12.2. The van der Waals surface area contributed by atoms with Crippen LogP contribution >= 0.6 is 0 Å². The summed E-state index contributed by atoms with van der Waals surface area (Å²) in [6, 6.07) is 13.1. The highest BCUT2D eigenvalue weighted by Gasteiger charge is 2.11. The summed E-state index contributed by atoms with van der Waals surface area (Å²) in [5.74, 6) is -0.171. The fourth-order valence-electron chi connectivity index (χ4n) is 2.26. The fourth-order valence-corrected chi connectivity index (χ4v) is 2.26. The van der Waals surface area contributed by atoms with Crippen molar-refractivity contribution in [3.8, 4) is 0 Å². The molecule has 108 valence electrons. The third kappa shape index (κ3) is 3.78. The lowest BCUT2D eigenvalue weighted by molar-refractivity contribution is -0.115. The number of hydrogen-bond donors (Lipinski definition) is 1. The first kappa shape index (κ1) is 15.0. The molecule has 1 amide bonds. The summed E-state index contributed by atoms with van der Waals surface area (Å²) in [6.07, 6.45) is 0.305. The molecule has 0 radical (unpaired) electrons. The van der Waals surface area contributed by atoms with Crippen molar-refractivity contribution < 1.29 is 9.59 Å². The monoisotopic (exact) mass is 281 g/mol. The molecule has 2 aromatic rings. The summed E-state index contributed by atoms with van der Waals surface area (Å²) in [5.41, 5.74) is 4.34. The van der Waals surface area contributed by atoms with Crippen molar-refractivity contribution in [2.24, 2.45) is 0 Å². The van der Waals surface area contributed by atoms with Gasteiger partial charge in [-0.3, -0.25) is 9.59 Å². The van der Waals surface area contributed by atoms with Crippen LogP contribution in [0.3, 0.4) is 0 Å². The molecule has 21 heavy (non-hydrogen) atoms.